The van der Waals surface area contributed by atoms with Gasteiger partial charge in [-0.05, 0) is 31.1 Å². The van der Waals surface area contributed by atoms with Crippen LogP contribution in [0.25, 0.3) is 0 Å². The standard InChI is InChI=1S/C15H17N3O4S/c19-12-8-23-11-2-1-10(17-13(11)18-12)7-16-9-3-5-15(22,6-4-9)14(20)21/h1-3,5,9,16,22H,4,6-8H2,(H,20,21)(H,17,18,19). The highest BCUT2D eigenvalue weighted by molar-refractivity contribution is 8.00. The van der Waals surface area contributed by atoms with E-state index in [0.29, 0.717) is 24.5 Å². The van der Waals surface area contributed by atoms with Gasteiger partial charge in [0.15, 0.2) is 5.60 Å². The first-order valence-electron chi connectivity index (χ1n) is 7.27. The van der Waals surface area contributed by atoms with Crippen LogP contribution >= 0.6 is 11.8 Å². The summed E-state index contributed by atoms with van der Waals surface area (Å²) in [6, 6.07) is 3.82. The molecule has 1 amide bonds. The SMILES string of the molecule is O=C1CSc2ccc(CNC3C=CC(O)(C(=O)O)CC3)nc2N1. The molecule has 2 aliphatic rings. The lowest BCUT2D eigenvalue weighted by molar-refractivity contribution is -0.154. The first-order valence-corrected chi connectivity index (χ1v) is 8.26. The van der Waals surface area contributed by atoms with E-state index in [-0.39, 0.29) is 18.4 Å². The van der Waals surface area contributed by atoms with Gasteiger partial charge in [-0.25, -0.2) is 9.78 Å². The Morgan fingerprint density at radius 2 is 2.35 bits per heavy atom. The minimum atomic E-state index is -1.76. The number of anilines is 1. The van der Waals surface area contributed by atoms with Gasteiger partial charge in [0.1, 0.15) is 5.82 Å². The summed E-state index contributed by atoms with van der Waals surface area (Å²) >= 11 is 1.46. The average Bonchev–Trinajstić information content (AvgIpc) is 2.54. The second-order valence-corrected chi connectivity index (χ2v) is 6.62. The van der Waals surface area contributed by atoms with E-state index >= 15 is 0 Å². The molecule has 8 heteroatoms. The third kappa shape index (κ3) is 3.54. The highest BCUT2D eigenvalue weighted by atomic mass is 32.2. The first kappa shape index (κ1) is 16.0. The summed E-state index contributed by atoms with van der Waals surface area (Å²) < 4.78 is 0. The molecule has 0 saturated carbocycles. The van der Waals surface area contributed by atoms with Crippen LogP contribution in [-0.2, 0) is 16.1 Å². The quantitative estimate of drug-likeness (QED) is 0.601. The molecule has 1 aromatic heterocycles. The molecule has 2 heterocycles. The summed E-state index contributed by atoms with van der Waals surface area (Å²) in [5, 5.41) is 24.8. The van der Waals surface area contributed by atoms with Gasteiger partial charge in [0.2, 0.25) is 5.91 Å². The van der Waals surface area contributed by atoms with Gasteiger partial charge in [0.25, 0.3) is 0 Å². The van der Waals surface area contributed by atoms with Crippen molar-refractivity contribution in [3.63, 3.8) is 0 Å². The Hall–Kier alpha value is -1.90. The van der Waals surface area contributed by atoms with E-state index in [9.17, 15) is 14.7 Å². The molecule has 3 rings (SSSR count). The number of hydrogen-bond acceptors (Lipinski definition) is 6. The van der Waals surface area contributed by atoms with Crippen molar-refractivity contribution >= 4 is 29.5 Å². The Kier molecular flexibility index (Phi) is 4.38. The third-order valence-electron chi connectivity index (χ3n) is 3.89. The maximum Gasteiger partial charge on any atom is 0.339 e. The van der Waals surface area contributed by atoms with Gasteiger partial charge in [-0.3, -0.25) is 4.79 Å². The van der Waals surface area contributed by atoms with Crippen molar-refractivity contribution in [1.29, 1.82) is 0 Å². The van der Waals surface area contributed by atoms with Crippen LogP contribution in [0.3, 0.4) is 0 Å². The van der Waals surface area contributed by atoms with E-state index in [1.807, 2.05) is 12.1 Å². The fraction of sp³-hybridized carbons (Fsp3) is 0.400. The molecule has 1 aliphatic carbocycles. The zero-order valence-corrected chi connectivity index (χ0v) is 13.1. The lowest BCUT2D eigenvalue weighted by atomic mass is 9.89. The molecule has 2 atom stereocenters. The van der Waals surface area contributed by atoms with Crippen LogP contribution in [0.5, 0.6) is 0 Å². The predicted molar refractivity (Wildman–Crippen MR) is 85.2 cm³/mol. The van der Waals surface area contributed by atoms with Crippen molar-refractivity contribution in [1.82, 2.24) is 10.3 Å². The molecule has 0 fully saturated rings. The van der Waals surface area contributed by atoms with Crippen LogP contribution < -0.4 is 10.6 Å². The lowest BCUT2D eigenvalue weighted by Gasteiger charge is -2.27. The highest BCUT2D eigenvalue weighted by Crippen LogP contribution is 2.29. The predicted octanol–water partition coefficient (Wildman–Crippen LogP) is 0.750. The molecule has 0 radical (unpaired) electrons. The number of aromatic nitrogens is 1. The van der Waals surface area contributed by atoms with Crippen LogP contribution in [0, 0.1) is 0 Å². The van der Waals surface area contributed by atoms with Crippen LogP contribution in [-0.4, -0.2) is 44.5 Å². The number of carboxylic acids is 1. The second-order valence-electron chi connectivity index (χ2n) is 5.60. The fourth-order valence-electron chi connectivity index (χ4n) is 2.52. The molecule has 0 bridgehead atoms. The molecule has 4 N–H and O–H groups in total. The number of rotatable bonds is 4. The lowest BCUT2D eigenvalue weighted by Crippen LogP contribution is -2.42. The van der Waals surface area contributed by atoms with E-state index in [1.165, 1.54) is 17.8 Å². The molecule has 2 unspecified atom stereocenters. The zero-order valence-electron chi connectivity index (χ0n) is 12.3. The molecule has 23 heavy (non-hydrogen) atoms. The number of fused-ring (bicyclic) bond motifs is 1. The summed E-state index contributed by atoms with van der Waals surface area (Å²) in [4.78, 5) is 27.7. The number of aliphatic carboxylic acids is 1. The number of carbonyl (C=O) groups is 2. The molecule has 0 aromatic carbocycles. The van der Waals surface area contributed by atoms with Crippen LogP contribution in [0.1, 0.15) is 18.5 Å². The molecule has 7 nitrogen and oxygen atoms in total. The minimum Gasteiger partial charge on any atom is -0.479 e. The van der Waals surface area contributed by atoms with Gasteiger partial charge in [-0.15, -0.1) is 11.8 Å². The number of amides is 1. The van der Waals surface area contributed by atoms with Crippen molar-refractivity contribution in [2.24, 2.45) is 0 Å². The maximum atomic E-state index is 11.4. The first-order chi connectivity index (χ1) is 11.0. The molecular formula is C15H17N3O4S. The number of nitrogens with zero attached hydrogens (tertiary/aromatic N) is 1. The number of nitrogens with one attached hydrogen (secondary N) is 2. The number of aliphatic hydroxyl groups is 1. The molecule has 1 aromatic rings. The number of carboxylic acid groups (broad SMARTS) is 1. The van der Waals surface area contributed by atoms with Gasteiger partial charge in [-0.1, -0.05) is 6.08 Å². The highest BCUT2D eigenvalue weighted by Gasteiger charge is 2.35. The van der Waals surface area contributed by atoms with Gasteiger partial charge in [-0.2, -0.15) is 0 Å². The monoisotopic (exact) mass is 335 g/mol. The van der Waals surface area contributed by atoms with Crippen LogP contribution in [0.2, 0.25) is 0 Å². The van der Waals surface area contributed by atoms with Gasteiger partial charge < -0.3 is 20.8 Å². The molecule has 0 spiro atoms. The normalized spacial score (nSPS) is 26.5. The van der Waals surface area contributed by atoms with E-state index in [1.54, 1.807) is 6.08 Å². The molecule has 1 aliphatic heterocycles. The van der Waals surface area contributed by atoms with E-state index < -0.39 is 11.6 Å². The summed E-state index contributed by atoms with van der Waals surface area (Å²) in [7, 11) is 0. The largest absolute Gasteiger partial charge is 0.479 e. The Morgan fingerprint density at radius 3 is 3.04 bits per heavy atom. The summed E-state index contributed by atoms with van der Waals surface area (Å²) in [5.74, 6) is -0.281. The van der Waals surface area contributed by atoms with Crippen molar-refractivity contribution < 1.29 is 19.8 Å². The van der Waals surface area contributed by atoms with Crippen LogP contribution in [0.15, 0.2) is 29.2 Å². The number of thioether (sulfide) groups is 1. The van der Waals surface area contributed by atoms with E-state index in [2.05, 4.69) is 15.6 Å². The van der Waals surface area contributed by atoms with Gasteiger partial charge in [0.05, 0.1) is 16.3 Å². The smallest absolute Gasteiger partial charge is 0.339 e. The fourth-order valence-corrected chi connectivity index (χ4v) is 3.27. The van der Waals surface area contributed by atoms with Gasteiger partial charge in [0, 0.05) is 12.6 Å². The Balaban J connectivity index is 1.60. The summed E-state index contributed by atoms with van der Waals surface area (Å²) in [6.07, 6.45) is 3.69. The van der Waals surface area contributed by atoms with Crippen molar-refractivity contribution in [3.8, 4) is 0 Å². The summed E-state index contributed by atoms with van der Waals surface area (Å²) in [6.45, 7) is 0.494. The Morgan fingerprint density at radius 1 is 1.52 bits per heavy atom. The number of hydrogen-bond donors (Lipinski definition) is 4. The van der Waals surface area contributed by atoms with Crippen LogP contribution in [0.4, 0.5) is 5.82 Å². The zero-order chi connectivity index (χ0) is 16.4. The topological polar surface area (TPSA) is 112 Å². The second kappa shape index (κ2) is 6.31. The van der Waals surface area contributed by atoms with Crippen molar-refractivity contribution in [3.05, 3.63) is 30.0 Å². The van der Waals surface area contributed by atoms with Gasteiger partial charge >= 0.3 is 5.97 Å². The maximum absolute atomic E-state index is 11.4. The average molecular weight is 335 g/mol. The van der Waals surface area contributed by atoms with E-state index in [4.69, 9.17) is 5.11 Å². The minimum absolute atomic E-state index is 0.0172. The number of carbonyl (C=O) groups excluding carboxylic acids is 1. The molecule has 0 saturated heterocycles. The Bertz CT molecular complexity index is 679. The third-order valence-corrected chi connectivity index (χ3v) is 4.94. The molecular weight excluding hydrogens is 318 g/mol. The van der Waals surface area contributed by atoms with Crippen molar-refractivity contribution in [2.45, 2.75) is 35.9 Å². The van der Waals surface area contributed by atoms with Crippen molar-refractivity contribution in [2.75, 3.05) is 11.1 Å². The summed E-state index contributed by atoms with van der Waals surface area (Å²) in [5.41, 5.74) is -0.969. The van der Waals surface area contributed by atoms with E-state index in [0.717, 1.165) is 10.6 Å². The Labute approximate surface area is 137 Å². The number of pyridine rings is 1. The molecule has 122 valence electrons.